The third kappa shape index (κ3) is 5.29. The lowest BCUT2D eigenvalue weighted by atomic mass is 10.3. The predicted octanol–water partition coefficient (Wildman–Crippen LogP) is -0.0186. The highest BCUT2D eigenvalue weighted by atomic mass is 32.5. The zero-order chi connectivity index (χ0) is 8.36. The quantitative estimate of drug-likeness (QED) is 0.540. The molecule has 0 aliphatic carbocycles. The van der Waals surface area contributed by atoms with Gasteiger partial charge < -0.3 is 19.4 Å². The molecule has 3 N–H and O–H groups in total. The molecule has 0 aliphatic rings. The molecule has 10 heavy (non-hydrogen) atoms. The van der Waals surface area contributed by atoms with E-state index in [4.69, 9.17) is 14.9 Å². The van der Waals surface area contributed by atoms with Crippen LogP contribution in [0.2, 0.25) is 0 Å². The number of aliphatic hydroxyl groups is 1. The molecule has 0 aromatic rings. The van der Waals surface area contributed by atoms with Crippen molar-refractivity contribution in [2.24, 2.45) is 0 Å². The Balaban J connectivity index is 3.80. The average Bonchev–Trinajstić information content (AvgIpc) is 1.60. The van der Waals surface area contributed by atoms with Gasteiger partial charge in [0.25, 0.3) is 0 Å². The molecule has 0 amide bonds. The highest BCUT2D eigenvalue weighted by Gasteiger charge is 2.17. The molecule has 0 fully saturated rings. The Morgan fingerprint density at radius 2 is 1.80 bits per heavy atom. The van der Waals surface area contributed by atoms with Crippen LogP contribution in [0.3, 0.4) is 0 Å². The molecular formula is C4H11O4PS. The summed E-state index contributed by atoms with van der Waals surface area (Å²) >= 11 is 4.17. The van der Waals surface area contributed by atoms with Crippen LogP contribution in [0, 0.1) is 0 Å². The molecule has 4 nitrogen and oxygen atoms in total. The molecule has 0 rings (SSSR count). The smallest absolute Gasteiger partial charge is 0.322 e. The summed E-state index contributed by atoms with van der Waals surface area (Å²) in [5.74, 6) is 0. The lowest BCUT2D eigenvalue weighted by Gasteiger charge is -2.17. The van der Waals surface area contributed by atoms with Gasteiger partial charge in [-0.3, -0.25) is 0 Å². The van der Waals surface area contributed by atoms with Gasteiger partial charge in [0, 0.05) is 0 Å². The summed E-state index contributed by atoms with van der Waals surface area (Å²) in [6.07, 6.45) is -1.39. The van der Waals surface area contributed by atoms with Crippen LogP contribution in [0.1, 0.15) is 13.8 Å². The Labute approximate surface area is 64.7 Å². The molecule has 6 heteroatoms. The minimum Gasteiger partial charge on any atom is -0.391 e. The summed E-state index contributed by atoms with van der Waals surface area (Å²) in [5.41, 5.74) is 0. The Hall–Kier alpha value is 0.490. The number of hydrogen-bond acceptors (Lipinski definition) is 3. The zero-order valence-electron chi connectivity index (χ0n) is 5.76. The molecule has 2 unspecified atom stereocenters. The van der Waals surface area contributed by atoms with E-state index in [2.05, 4.69) is 16.3 Å². The second-order valence-electron chi connectivity index (χ2n) is 2.04. The van der Waals surface area contributed by atoms with Crippen molar-refractivity contribution in [1.29, 1.82) is 0 Å². The van der Waals surface area contributed by atoms with Crippen LogP contribution in [-0.4, -0.2) is 27.1 Å². The van der Waals surface area contributed by atoms with E-state index in [0.29, 0.717) is 0 Å². The van der Waals surface area contributed by atoms with Gasteiger partial charge in [0.15, 0.2) is 0 Å². The second kappa shape index (κ2) is 3.76. The molecule has 0 bridgehead atoms. The molecular weight excluding hydrogens is 175 g/mol. The lowest BCUT2D eigenvalue weighted by Crippen LogP contribution is -2.21. The molecule has 0 saturated carbocycles. The first-order valence-corrected chi connectivity index (χ1v) is 5.37. The maximum Gasteiger partial charge on any atom is 0.322 e. The van der Waals surface area contributed by atoms with Crippen molar-refractivity contribution >= 4 is 18.5 Å². The van der Waals surface area contributed by atoms with Gasteiger partial charge in [-0.2, -0.15) is 0 Å². The van der Waals surface area contributed by atoms with Crippen LogP contribution in [-0.2, 0) is 16.3 Å². The molecule has 2 atom stereocenters. The van der Waals surface area contributed by atoms with E-state index in [1.165, 1.54) is 13.8 Å². The SMILES string of the molecule is CC(O)C(C)OP(O)(O)=S. The molecule has 0 aromatic carbocycles. The van der Waals surface area contributed by atoms with Crippen molar-refractivity contribution in [3.05, 3.63) is 0 Å². The first kappa shape index (κ1) is 10.5. The van der Waals surface area contributed by atoms with E-state index in [0.717, 1.165) is 0 Å². The van der Waals surface area contributed by atoms with Gasteiger partial charge in [0.2, 0.25) is 0 Å². The zero-order valence-corrected chi connectivity index (χ0v) is 7.47. The number of hydrogen-bond donors (Lipinski definition) is 3. The van der Waals surface area contributed by atoms with Gasteiger partial charge in [0.05, 0.1) is 12.2 Å². The maximum atomic E-state index is 8.81. The minimum absolute atomic E-state index is 0.638. The molecule has 0 radical (unpaired) electrons. The standard InChI is InChI=1S/C4H11O4PS/c1-3(5)4(2)8-9(6,7)10/h3-5H,1-2H3,(H2,6,7,10). The number of aliphatic hydroxyl groups excluding tert-OH is 1. The maximum absolute atomic E-state index is 8.81. The monoisotopic (exact) mass is 186 g/mol. The minimum atomic E-state index is -3.60. The van der Waals surface area contributed by atoms with Crippen molar-refractivity contribution in [1.82, 2.24) is 0 Å². The highest BCUT2D eigenvalue weighted by molar-refractivity contribution is 8.06. The summed E-state index contributed by atoms with van der Waals surface area (Å²) in [7, 11) is 0. The Morgan fingerprint density at radius 3 is 1.90 bits per heavy atom. The normalized spacial score (nSPS) is 18.5. The summed E-state index contributed by atoms with van der Waals surface area (Å²) in [4.78, 5) is 17.2. The summed E-state index contributed by atoms with van der Waals surface area (Å²) in [6.45, 7) is -0.609. The van der Waals surface area contributed by atoms with Crippen molar-refractivity contribution in [3.8, 4) is 0 Å². The van der Waals surface area contributed by atoms with E-state index in [9.17, 15) is 0 Å². The Kier molecular flexibility index (Phi) is 3.94. The molecule has 0 saturated heterocycles. The van der Waals surface area contributed by atoms with Gasteiger partial charge >= 0.3 is 6.72 Å². The third-order valence-corrected chi connectivity index (χ3v) is 1.85. The van der Waals surface area contributed by atoms with E-state index in [-0.39, 0.29) is 0 Å². The molecule has 62 valence electrons. The third-order valence-electron chi connectivity index (χ3n) is 0.983. The van der Waals surface area contributed by atoms with Crippen molar-refractivity contribution in [2.75, 3.05) is 0 Å². The van der Waals surface area contributed by atoms with Crippen LogP contribution >= 0.6 is 6.72 Å². The fourth-order valence-corrected chi connectivity index (χ4v) is 1.32. The van der Waals surface area contributed by atoms with Gasteiger partial charge in [-0.1, -0.05) is 0 Å². The lowest BCUT2D eigenvalue weighted by molar-refractivity contribution is 0.0508. The van der Waals surface area contributed by atoms with Crippen LogP contribution < -0.4 is 0 Å². The predicted molar refractivity (Wildman–Crippen MR) is 41.0 cm³/mol. The molecule has 0 spiro atoms. The number of rotatable bonds is 3. The fraction of sp³-hybridized carbons (Fsp3) is 1.00. The van der Waals surface area contributed by atoms with E-state index in [1.807, 2.05) is 0 Å². The summed E-state index contributed by atoms with van der Waals surface area (Å²) in [6, 6.07) is 0. The Bertz CT molecular complexity index is 142. The molecule has 0 heterocycles. The van der Waals surface area contributed by atoms with Crippen LogP contribution in [0.25, 0.3) is 0 Å². The van der Waals surface area contributed by atoms with E-state index < -0.39 is 18.9 Å². The first-order valence-electron chi connectivity index (χ1n) is 2.75. The first-order chi connectivity index (χ1) is 4.33. The van der Waals surface area contributed by atoms with Gasteiger partial charge in [-0.15, -0.1) is 0 Å². The summed E-state index contributed by atoms with van der Waals surface area (Å²) in [5, 5.41) is 8.81. The average molecular weight is 186 g/mol. The highest BCUT2D eigenvalue weighted by Crippen LogP contribution is 2.38. The Morgan fingerprint density at radius 1 is 1.40 bits per heavy atom. The van der Waals surface area contributed by atoms with Gasteiger partial charge in [-0.05, 0) is 25.7 Å². The van der Waals surface area contributed by atoms with Crippen LogP contribution in [0.4, 0.5) is 0 Å². The van der Waals surface area contributed by atoms with Gasteiger partial charge in [0.1, 0.15) is 0 Å². The van der Waals surface area contributed by atoms with Gasteiger partial charge in [-0.25, -0.2) is 0 Å². The topological polar surface area (TPSA) is 69.9 Å². The van der Waals surface area contributed by atoms with Crippen LogP contribution in [0.5, 0.6) is 0 Å². The fourth-order valence-electron chi connectivity index (χ4n) is 0.305. The van der Waals surface area contributed by atoms with E-state index in [1.54, 1.807) is 0 Å². The molecule has 0 aliphatic heterocycles. The van der Waals surface area contributed by atoms with Crippen molar-refractivity contribution < 1.29 is 19.4 Å². The molecule has 0 aromatic heterocycles. The second-order valence-corrected chi connectivity index (χ2v) is 4.66. The van der Waals surface area contributed by atoms with E-state index >= 15 is 0 Å². The summed E-state index contributed by atoms with van der Waals surface area (Å²) < 4.78 is 4.49. The largest absolute Gasteiger partial charge is 0.391 e. The van der Waals surface area contributed by atoms with Crippen LogP contribution in [0.15, 0.2) is 0 Å². The van der Waals surface area contributed by atoms with Crippen molar-refractivity contribution in [3.63, 3.8) is 0 Å². The van der Waals surface area contributed by atoms with Crippen molar-refractivity contribution in [2.45, 2.75) is 26.1 Å².